The van der Waals surface area contributed by atoms with Crippen molar-refractivity contribution in [2.24, 2.45) is 5.92 Å². The van der Waals surface area contributed by atoms with Crippen LogP contribution in [0, 0.1) is 5.92 Å². The number of Topliss-reactive ketones (excluding diaryl/α,β-unsaturated/α-hetero) is 1. The highest BCUT2D eigenvalue weighted by atomic mass is 16.6. The summed E-state index contributed by atoms with van der Waals surface area (Å²) in [7, 11) is 3.50. The number of rotatable bonds is 5. The molecule has 0 radical (unpaired) electrons. The smallest absolute Gasteiger partial charge is 0.410 e. The molecular formula is C18H30N2O5. The van der Waals surface area contributed by atoms with E-state index < -0.39 is 11.6 Å². The fourth-order valence-electron chi connectivity index (χ4n) is 2.55. The lowest BCUT2D eigenvalue weighted by Gasteiger charge is -2.33. The van der Waals surface area contributed by atoms with Crippen LogP contribution in [0.1, 0.15) is 40.5 Å². The zero-order valence-corrected chi connectivity index (χ0v) is 16.1. The van der Waals surface area contributed by atoms with Crippen molar-refractivity contribution < 1.29 is 23.9 Å². The van der Waals surface area contributed by atoms with E-state index in [1.54, 1.807) is 30.8 Å². The molecule has 1 rings (SSSR count). The first-order valence-electron chi connectivity index (χ1n) is 8.62. The van der Waals surface area contributed by atoms with Gasteiger partial charge in [-0.15, -0.1) is 0 Å². The maximum atomic E-state index is 12.7. The molecule has 0 aromatic heterocycles. The van der Waals surface area contributed by atoms with Gasteiger partial charge in [0.15, 0.2) is 5.78 Å². The largest absolute Gasteiger partial charge is 0.462 e. The first-order chi connectivity index (χ1) is 11.5. The number of amides is 1. The van der Waals surface area contributed by atoms with E-state index in [0.29, 0.717) is 25.9 Å². The number of hydrogen-bond acceptors (Lipinski definition) is 6. The van der Waals surface area contributed by atoms with Crippen molar-refractivity contribution in [3.8, 4) is 0 Å². The molecule has 0 spiro atoms. The third-order valence-corrected chi connectivity index (χ3v) is 3.67. The maximum absolute atomic E-state index is 12.7. The molecule has 0 aliphatic carbocycles. The first kappa shape index (κ1) is 21.0. The van der Waals surface area contributed by atoms with Crippen molar-refractivity contribution in [1.29, 1.82) is 0 Å². The van der Waals surface area contributed by atoms with Crippen LogP contribution in [0.2, 0.25) is 0 Å². The maximum Gasteiger partial charge on any atom is 0.410 e. The average molecular weight is 354 g/mol. The molecule has 25 heavy (non-hydrogen) atoms. The minimum atomic E-state index is -0.601. The lowest BCUT2D eigenvalue weighted by atomic mass is 9.89. The Balaban J connectivity index is 2.72. The van der Waals surface area contributed by atoms with Crippen molar-refractivity contribution in [3.05, 3.63) is 11.8 Å². The van der Waals surface area contributed by atoms with Crippen LogP contribution < -0.4 is 0 Å². The minimum absolute atomic E-state index is 0.0579. The van der Waals surface area contributed by atoms with E-state index in [4.69, 9.17) is 9.47 Å². The Hall–Kier alpha value is -2.05. The summed E-state index contributed by atoms with van der Waals surface area (Å²) >= 11 is 0. The van der Waals surface area contributed by atoms with Gasteiger partial charge in [-0.05, 0) is 40.5 Å². The number of carbonyl (C=O) groups is 3. The highest BCUT2D eigenvalue weighted by Gasteiger charge is 2.33. The summed E-state index contributed by atoms with van der Waals surface area (Å²) in [6.07, 6.45) is 2.14. The van der Waals surface area contributed by atoms with Gasteiger partial charge in [0.2, 0.25) is 0 Å². The molecule has 0 aromatic carbocycles. The summed E-state index contributed by atoms with van der Waals surface area (Å²) < 4.78 is 10.3. The summed E-state index contributed by atoms with van der Waals surface area (Å²) in [5.74, 6) is -1.12. The van der Waals surface area contributed by atoms with E-state index in [0.717, 1.165) is 0 Å². The predicted molar refractivity (Wildman–Crippen MR) is 93.9 cm³/mol. The van der Waals surface area contributed by atoms with E-state index in [9.17, 15) is 14.4 Å². The predicted octanol–water partition coefficient (Wildman–Crippen LogP) is 2.21. The highest BCUT2D eigenvalue weighted by Crippen LogP contribution is 2.23. The van der Waals surface area contributed by atoms with Gasteiger partial charge in [-0.3, -0.25) is 4.79 Å². The number of nitrogens with zero attached hydrogens (tertiary/aromatic N) is 2. The van der Waals surface area contributed by atoms with Gasteiger partial charge in [-0.25, -0.2) is 9.59 Å². The van der Waals surface area contributed by atoms with Crippen LogP contribution in [0.3, 0.4) is 0 Å². The molecule has 1 aliphatic rings. The lowest BCUT2D eigenvalue weighted by Crippen LogP contribution is -2.43. The first-order valence-corrected chi connectivity index (χ1v) is 8.62. The van der Waals surface area contributed by atoms with Gasteiger partial charge in [-0.2, -0.15) is 0 Å². The van der Waals surface area contributed by atoms with Gasteiger partial charge in [0.05, 0.1) is 6.61 Å². The van der Waals surface area contributed by atoms with Crippen molar-refractivity contribution in [3.63, 3.8) is 0 Å². The van der Waals surface area contributed by atoms with Gasteiger partial charge >= 0.3 is 12.1 Å². The zero-order valence-electron chi connectivity index (χ0n) is 16.1. The monoisotopic (exact) mass is 354 g/mol. The van der Waals surface area contributed by atoms with Crippen molar-refractivity contribution in [2.75, 3.05) is 33.8 Å². The average Bonchev–Trinajstić information content (AvgIpc) is 2.50. The number of piperidine rings is 1. The van der Waals surface area contributed by atoms with Crippen LogP contribution in [-0.2, 0) is 19.1 Å². The molecule has 0 aromatic rings. The molecule has 7 nitrogen and oxygen atoms in total. The molecule has 0 N–H and O–H groups in total. The zero-order chi connectivity index (χ0) is 19.2. The number of hydrogen-bond donors (Lipinski definition) is 0. The molecule has 1 heterocycles. The second-order valence-electron chi connectivity index (χ2n) is 7.33. The summed E-state index contributed by atoms with van der Waals surface area (Å²) in [4.78, 5) is 40.1. The van der Waals surface area contributed by atoms with Crippen LogP contribution in [0.4, 0.5) is 4.79 Å². The Morgan fingerprint density at radius 2 is 1.72 bits per heavy atom. The second-order valence-corrected chi connectivity index (χ2v) is 7.33. The molecule has 0 atom stereocenters. The summed E-state index contributed by atoms with van der Waals surface area (Å²) in [6.45, 7) is 8.24. The normalized spacial score (nSPS) is 16.4. The Bertz CT molecular complexity index is 526. The minimum Gasteiger partial charge on any atom is -0.462 e. The summed E-state index contributed by atoms with van der Waals surface area (Å²) in [5.41, 5.74) is -0.488. The summed E-state index contributed by atoms with van der Waals surface area (Å²) in [5, 5.41) is 0. The number of carbonyl (C=O) groups excluding carboxylic acids is 3. The molecule has 0 unspecified atom stereocenters. The van der Waals surface area contributed by atoms with Gasteiger partial charge in [0, 0.05) is 39.3 Å². The standard InChI is InChI=1S/C18H30N2O5/c1-7-24-16(22)14(12-19(5)6)15(21)13-8-10-20(11-9-13)17(23)25-18(2,3)4/h12-13H,7-11H2,1-6H3. The number of likely N-dealkylation sites (tertiary alicyclic amines) is 1. The van der Waals surface area contributed by atoms with Crippen molar-refractivity contribution in [1.82, 2.24) is 9.80 Å². The number of esters is 1. The van der Waals surface area contributed by atoms with E-state index in [1.165, 1.54) is 6.20 Å². The van der Waals surface area contributed by atoms with E-state index >= 15 is 0 Å². The lowest BCUT2D eigenvalue weighted by molar-refractivity contribution is -0.140. The fourth-order valence-corrected chi connectivity index (χ4v) is 2.55. The molecule has 1 fully saturated rings. The summed E-state index contributed by atoms with van der Waals surface area (Å²) in [6, 6.07) is 0. The molecule has 1 saturated heterocycles. The van der Waals surface area contributed by atoms with Crippen LogP contribution in [0.15, 0.2) is 11.8 Å². The van der Waals surface area contributed by atoms with Crippen LogP contribution in [0.5, 0.6) is 0 Å². The molecule has 142 valence electrons. The van der Waals surface area contributed by atoms with Gasteiger partial charge in [0.1, 0.15) is 11.2 Å². The quantitative estimate of drug-likeness (QED) is 0.326. The Kier molecular flexibility index (Phi) is 7.45. The third kappa shape index (κ3) is 6.76. The fraction of sp³-hybridized carbons (Fsp3) is 0.722. The molecule has 0 saturated carbocycles. The Morgan fingerprint density at radius 3 is 2.16 bits per heavy atom. The molecule has 7 heteroatoms. The topological polar surface area (TPSA) is 76.2 Å². The van der Waals surface area contributed by atoms with Crippen molar-refractivity contribution in [2.45, 2.75) is 46.1 Å². The molecule has 0 bridgehead atoms. The Morgan fingerprint density at radius 1 is 1.16 bits per heavy atom. The van der Waals surface area contributed by atoms with Crippen molar-refractivity contribution >= 4 is 17.8 Å². The van der Waals surface area contributed by atoms with Gasteiger partial charge in [0.25, 0.3) is 0 Å². The number of ketones is 1. The second kappa shape index (κ2) is 8.87. The third-order valence-electron chi connectivity index (χ3n) is 3.67. The van der Waals surface area contributed by atoms with Gasteiger partial charge in [-0.1, -0.05) is 0 Å². The van der Waals surface area contributed by atoms with E-state index in [-0.39, 0.29) is 30.0 Å². The SMILES string of the molecule is CCOC(=O)C(=CN(C)C)C(=O)C1CCN(C(=O)OC(C)(C)C)CC1. The van der Waals surface area contributed by atoms with Crippen LogP contribution in [0.25, 0.3) is 0 Å². The van der Waals surface area contributed by atoms with Crippen LogP contribution in [-0.4, -0.2) is 67.0 Å². The number of ether oxygens (including phenoxy) is 2. The van der Waals surface area contributed by atoms with E-state index in [2.05, 4.69) is 0 Å². The highest BCUT2D eigenvalue weighted by molar-refractivity contribution is 6.18. The molecule has 1 amide bonds. The Labute approximate surface area is 149 Å². The van der Waals surface area contributed by atoms with Gasteiger partial charge < -0.3 is 19.3 Å². The van der Waals surface area contributed by atoms with Crippen LogP contribution >= 0.6 is 0 Å². The molecule has 1 aliphatic heterocycles. The molecular weight excluding hydrogens is 324 g/mol. The van der Waals surface area contributed by atoms with E-state index in [1.807, 2.05) is 20.8 Å².